The van der Waals surface area contributed by atoms with Crippen molar-refractivity contribution in [3.8, 4) is 0 Å². The summed E-state index contributed by atoms with van der Waals surface area (Å²) in [4.78, 5) is 6.88. The number of hydrogen-bond acceptors (Lipinski definition) is 3. The standard InChI is InChI=1S/C19H30N4O/c1-19(2,23-9-11-24-12-10-23)14-21-18(20-3)22-17-13-16(17)15-7-5-4-6-8-15/h4-8,16-17H,9-14H2,1-3H3,(H2,20,21,22). The minimum atomic E-state index is 0.0871. The highest BCUT2D eigenvalue weighted by atomic mass is 16.5. The number of nitrogens with one attached hydrogen (secondary N) is 2. The molecule has 0 spiro atoms. The molecule has 0 bridgehead atoms. The van der Waals surface area contributed by atoms with Gasteiger partial charge < -0.3 is 15.4 Å². The average Bonchev–Trinajstić information content (AvgIpc) is 3.39. The van der Waals surface area contributed by atoms with Gasteiger partial charge in [-0.15, -0.1) is 0 Å². The molecule has 5 nitrogen and oxygen atoms in total. The molecule has 24 heavy (non-hydrogen) atoms. The molecular weight excluding hydrogens is 300 g/mol. The number of rotatable bonds is 5. The van der Waals surface area contributed by atoms with Gasteiger partial charge in [0.1, 0.15) is 0 Å². The number of ether oxygens (including phenoxy) is 1. The van der Waals surface area contributed by atoms with E-state index in [0.717, 1.165) is 38.8 Å². The van der Waals surface area contributed by atoms with Crippen molar-refractivity contribution in [2.45, 2.75) is 37.8 Å². The van der Waals surface area contributed by atoms with E-state index in [-0.39, 0.29) is 5.54 Å². The monoisotopic (exact) mass is 330 g/mol. The van der Waals surface area contributed by atoms with E-state index in [4.69, 9.17) is 4.74 Å². The summed E-state index contributed by atoms with van der Waals surface area (Å²) >= 11 is 0. The van der Waals surface area contributed by atoms with Crippen LogP contribution < -0.4 is 10.6 Å². The first kappa shape index (κ1) is 17.2. The fourth-order valence-corrected chi connectivity index (χ4v) is 3.37. The van der Waals surface area contributed by atoms with Crippen LogP contribution in [0.1, 0.15) is 31.7 Å². The summed E-state index contributed by atoms with van der Waals surface area (Å²) in [6, 6.07) is 11.2. The van der Waals surface area contributed by atoms with Gasteiger partial charge in [0.05, 0.1) is 13.2 Å². The Labute approximate surface area is 145 Å². The zero-order valence-corrected chi connectivity index (χ0v) is 15.1. The molecule has 1 aromatic carbocycles. The maximum absolute atomic E-state index is 5.46. The van der Waals surface area contributed by atoms with E-state index in [9.17, 15) is 0 Å². The van der Waals surface area contributed by atoms with E-state index >= 15 is 0 Å². The zero-order chi connectivity index (χ0) is 17.0. The third-order valence-corrected chi connectivity index (χ3v) is 5.12. The van der Waals surface area contributed by atoms with Gasteiger partial charge in [0.2, 0.25) is 0 Å². The van der Waals surface area contributed by atoms with Crippen LogP contribution in [0.5, 0.6) is 0 Å². The fraction of sp³-hybridized carbons (Fsp3) is 0.632. The lowest BCUT2D eigenvalue weighted by Gasteiger charge is -2.41. The summed E-state index contributed by atoms with van der Waals surface area (Å²) in [5, 5.41) is 7.07. The first-order valence-corrected chi connectivity index (χ1v) is 8.95. The molecule has 3 rings (SSSR count). The molecule has 2 N–H and O–H groups in total. The second-order valence-corrected chi connectivity index (χ2v) is 7.34. The molecule has 2 atom stereocenters. The summed E-state index contributed by atoms with van der Waals surface area (Å²) in [6.45, 7) is 9.09. The fourth-order valence-electron chi connectivity index (χ4n) is 3.37. The van der Waals surface area contributed by atoms with Crippen LogP contribution in [0.15, 0.2) is 35.3 Å². The van der Waals surface area contributed by atoms with Crippen molar-refractivity contribution in [1.29, 1.82) is 0 Å². The lowest BCUT2D eigenvalue weighted by atomic mass is 10.0. The Bertz CT molecular complexity index is 552. The van der Waals surface area contributed by atoms with Gasteiger partial charge in [-0.25, -0.2) is 0 Å². The maximum Gasteiger partial charge on any atom is 0.191 e. The zero-order valence-electron chi connectivity index (χ0n) is 15.1. The molecule has 1 saturated heterocycles. The highest BCUT2D eigenvalue weighted by Gasteiger charge is 2.39. The van der Waals surface area contributed by atoms with Crippen molar-refractivity contribution in [1.82, 2.24) is 15.5 Å². The molecule has 1 aromatic rings. The van der Waals surface area contributed by atoms with E-state index in [0.29, 0.717) is 12.0 Å². The lowest BCUT2D eigenvalue weighted by molar-refractivity contribution is -0.00834. The molecule has 1 heterocycles. The Morgan fingerprint density at radius 2 is 1.96 bits per heavy atom. The van der Waals surface area contributed by atoms with E-state index in [1.165, 1.54) is 12.0 Å². The summed E-state index contributed by atoms with van der Waals surface area (Å²) < 4.78 is 5.46. The number of benzene rings is 1. The van der Waals surface area contributed by atoms with Crippen LogP contribution in [0, 0.1) is 0 Å². The lowest BCUT2D eigenvalue weighted by Crippen LogP contribution is -2.56. The summed E-state index contributed by atoms with van der Waals surface area (Å²) in [5.41, 5.74) is 1.50. The Balaban J connectivity index is 1.47. The summed E-state index contributed by atoms with van der Waals surface area (Å²) in [7, 11) is 1.84. The number of guanidine groups is 1. The van der Waals surface area contributed by atoms with E-state index in [1.54, 1.807) is 0 Å². The molecule has 132 valence electrons. The molecule has 1 saturated carbocycles. The maximum atomic E-state index is 5.46. The van der Waals surface area contributed by atoms with Crippen LogP contribution in [-0.2, 0) is 4.74 Å². The molecule has 0 radical (unpaired) electrons. The Hall–Kier alpha value is -1.59. The first-order chi connectivity index (χ1) is 11.6. The molecule has 2 fully saturated rings. The number of nitrogens with zero attached hydrogens (tertiary/aromatic N) is 2. The van der Waals surface area contributed by atoms with Crippen molar-refractivity contribution in [3.63, 3.8) is 0 Å². The van der Waals surface area contributed by atoms with Crippen molar-refractivity contribution in [2.24, 2.45) is 4.99 Å². The molecule has 0 amide bonds. The van der Waals surface area contributed by atoms with Crippen LogP contribution >= 0.6 is 0 Å². The highest BCUT2D eigenvalue weighted by molar-refractivity contribution is 5.80. The second-order valence-electron chi connectivity index (χ2n) is 7.34. The SMILES string of the molecule is CN=C(NCC(C)(C)N1CCOCC1)NC1CC1c1ccccc1. The van der Waals surface area contributed by atoms with Crippen molar-refractivity contribution in [2.75, 3.05) is 39.9 Å². The molecular formula is C19H30N4O. The largest absolute Gasteiger partial charge is 0.379 e. The Morgan fingerprint density at radius 1 is 1.25 bits per heavy atom. The molecule has 1 aliphatic carbocycles. The van der Waals surface area contributed by atoms with Gasteiger partial charge in [0.25, 0.3) is 0 Å². The van der Waals surface area contributed by atoms with E-state index in [2.05, 4.69) is 64.7 Å². The van der Waals surface area contributed by atoms with Gasteiger partial charge in [-0.2, -0.15) is 0 Å². The van der Waals surface area contributed by atoms with Crippen LogP contribution in [-0.4, -0.2) is 62.3 Å². The van der Waals surface area contributed by atoms with Gasteiger partial charge in [0, 0.05) is 44.2 Å². The normalized spacial score (nSPS) is 25.4. The summed E-state index contributed by atoms with van der Waals surface area (Å²) in [6.07, 6.45) is 1.18. The average molecular weight is 330 g/mol. The number of aliphatic imine (C=N–C) groups is 1. The molecule has 1 aliphatic heterocycles. The third-order valence-electron chi connectivity index (χ3n) is 5.12. The minimum absolute atomic E-state index is 0.0871. The quantitative estimate of drug-likeness (QED) is 0.639. The van der Waals surface area contributed by atoms with Crippen LogP contribution in [0.2, 0.25) is 0 Å². The van der Waals surface area contributed by atoms with Gasteiger partial charge >= 0.3 is 0 Å². The Kier molecular flexibility index (Phi) is 5.41. The topological polar surface area (TPSA) is 48.9 Å². The van der Waals surface area contributed by atoms with Crippen LogP contribution in [0.4, 0.5) is 0 Å². The predicted octanol–water partition coefficient (Wildman–Crippen LogP) is 1.82. The Morgan fingerprint density at radius 3 is 2.62 bits per heavy atom. The van der Waals surface area contributed by atoms with Gasteiger partial charge in [-0.1, -0.05) is 30.3 Å². The van der Waals surface area contributed by atoms with Crippen molar-refractivity contribution < 1.29 is 4.74 Å². The second kappa shape index (κ2) is 7.53. The van der Waals surface area contributed by atoms with Crippen molar-refractivity contribution >= 4 is 5.96 Å². The molecule has 2 aliphatic rings. The summed E-state index contributed by atoms with van der Waals surface area (Å²) in [5.74, 6) is 1.51. The molecule has 0 aromatic heterocycles. The van der Waals surface area contributed by atoms with Gasteiger partial charge in [-0.3, -0.25) is 9.89 Å². The number of morpholine rings is 1. The highest BCUT2D eigenvalue weighted by Crippen LogP contribution is 2.40. The molecule has 5 heteroatoms. The predicted molar refractivity (Wildman–Crippen MR) is 98.6 cm³/mol. The number of hydrogen-bond donors (Lipinski definition) is 2. The van der Waals surface area contributed by atoms with Gasteiger partial charge in [-0.05, 0) is 25.8 Å². The van der Waals surface area contributed by atoms with Gasteiger partial charge in [0.15, 0.2) is 5.96 Å². The van der Waals surface area contributed by atoms with E-state index < -0.39 is 0 Å². The molecule has 2 unspecified atom stereocenters. The van der Waals surface area contributed by atoms with E-state index in [1.807, 2.05) is 7.05 Å². The smallest absolute Gasteiger partial charge is 0.191 e. The van der Waals surface area contributed by atoms with Crippen molar-refractivity contribution in [3.05, 3.63) is 35.9 Å². The van der Waals surface area contributed by atoms with Crippen LogP contribution in [0.3, 0.4) is 0 Å². The van der Waals surface area contributed by atoms with Crippen LogP contribution in [0.25, 0.3) is 0 Å². The third kappa shape index (κ3) is 4.28. The first-order valence-electron chi connectivity index (χ1n) is 8.95. The minimum Gasteiger partial charge on any atom is -0.379 e.